The Morgan fingerprint density at radius 2 is 2.24 bits per heavy atom. The van der Waals surface area contributed by atoms with E-state index in [0.29, 0.717) is 5.02 Å². The van der Waals surface area contributed by atoms with Gasteiger partial charge in [-0.05, 0) is 11.6 Å². The summed E-state index contributed by atoms with van der Waals surface area (Å²) in [5.41, 5.74) is 5.54. The van der Waals surface area contributed by atoms with Gasteiger partial charge in [0.1, 0.15) is 6.61 Å². The van der Waals surface area contributed by atoms with Crippen LogP contribution >= 0.6 is 11.6 Å². The van der Waals surface area contributed by atoms with Gasteiger partial charge in [-0.15, -0.1) is 0 Å². The van der Waals surface area contributed by atoms with Crippen LogP contribution in [0, 0.1) is 11.3 Å². The summed E-state index contributed by atoms with van der Waals surface area (Å²) in [4.78, 5) is 10.4. The van der Waals surface area contributed by atoms with E-state index < -0.39 is 12.2 Å². The summed E-state index contributed by atoms with van der Waals surface area (Å²) < 4.78 is 9.70. The minimum Gasteiger partial charge on any atom is -0.446 e. The number of carbonyl (C=O) groups excluding carboxylic acids is 1. The standard InChI is InChI=1S/C11H11ClN2O3/c12-10-4-2-1-3-8(10)6-16-9(5-13)7-17-11(14)15/h1-4,9H,6-7H2,(H2,14,15). The highest BCUT2D eigenvalue weighted by molar-refractivity contribution is 6.31. The molecule has 1 aromatic rings. The van der Waals surface area contributed by atoms with Crippen LogP contribution in [0.15, 0.2) is 24.3 Å². The minimum atomic E-state index is -0.938. The van der Waals surface area contributed by atoms with Crippen molar-refractivity contribution in [2.45, 2.75) is 12.7 Å². The molecule has 1 aromatic carbocycles. The Labute approximate surface area is 104 Å². The van der Waals surface area contributed by atoms with Crippen molar-refractivity contribution in [3.63, 3.8) is 0 Å². The lowest BCUT2D eigenvalue weighted by Crippen LogP contribution is -2.23. The molecule has 0 fully saturated rings. The maximum atomic E-state index is 10.4. The van der Waals surface area contributed by atoms with Crippen LogP contribution in [0.4, 0.5) is 4.79 Å². The van der Waals surface area contributed by atoms with Crippen molar-refractivity contribution in [2.75, 3.05) is 6.61 Å². The van der Waals surface area contributed by atoms with Crippen LogP contribution in [0.2, 0.25) is 5.02 Å². The van der Waals surface area contributed by atoms with Crippen molar-refractivity contribution >= 4 is 17.7 Å². The molecule has 0 aliphatic heterocycles. The van der Waals surface area contributed by atoms with Crippen molar-refractivity contribution in [3.05, 3.63) is 34.9 Å². The number of ether oxygens (including phenoxy) is 2. The number of rotatable bonds is 5. The molecule has 0 spiro atoms. The smallest absolute Gasteiger partial charge is 0.404 e. The van der Waals surface area contributed by atoms with Crippen LogP contribution in [0.25, 0.3) is 0 Å². The van der Waals surface area contributed by atoms with Gasteiger partial charge in [-0.3, -0.25) is 0 Å². The number of primary amides is 1. The highest BCUT2D eigenvalue weighted by Crippen LogP contribution is 2.16. The molecule has 0 saturated carbocycles. The zero-order chi connectivity index (χ0) is 12.7. The minimum absolute atomic E-state index is 0.167. The lowest BCUT2D eigenvalue weighted by atomic mass is 10.2. The van der Waals surface area contributed by atoms with Crippen LogP contribution in [0.5, 0.6) is 0 Å². The molecule has 1 amide bonds. The van der Waals surface area contributed by atoms with Gasteiger partial charge in [-0.1, -0.05) is 29.8 Å². The Bertz CT molecular complexity index is 431. The van der Waals surface area contributed by atoms with E-state index >= 15 is 0 Å². The lowest BCUT2D eigenvalue weighted by Gasteiger charge is -2.11. The predicted octanol–water partition coefficient (Wildman–Crippen LogP) is 1.84. The van der Waals surface area contributed by atoms with Crippen molar-refractivity contribution in [3.8, 4) is 6.07 Å². The SMILES string of the molecule is N#CC(COC(N)=O)OCc1ccccc1Cl. The van der Waals surface area contributed by atoms with E-state index in [1.165, 1.54) is 0 Å². The maximum Gasteiger partial charge on any atom is 0.404 e. The van der Waals surface area contributed by atoms with E-state index in [1.54, 1.807) is 18.2 Å². The number of halogens is 1. The molecular formula is C11H11ClN2O3. The normalized spacial score (nSPS) is 11.5. The average Bonchev–Trinajstić information content (AvgIpc) is 2.31. The molecule has 0 bridgehead atoms. The molecule has 0 radical (unpaired) electrons. The number of benzene rings is 1. The van der Waals surface area contributed by atoms with Crippen LogP contribution in [-0.2, 0) is 16.1 Å². The van der Waals surface area contributed by atoms with E-state index in [-0.39, 0.29) is 13.2 Å². The number of carbonyl (C=O) groups is 1. The molecule has 1 rings (SSSR count). The molecule has 0 aromatic heterocycles. The molecule has 0 aliphatic rings. The third-order valence-electron chi connectivity index (χ3n) is 1.92. The van der Waals surface area contributed by atoms with Crippen LogP contribution in [0.3, 0.4) is 0 Å². The van der Waals surface area contributed by atoms with Crippen molar-refractivity contribution < 1.29 is 14.3 Å². The van der Waals surface area contributed by atoms with Gasteiger partial charge >= 0.3 is 6.09 Å². The second-order valence-corrected chi connectivity index (χ2v) is 3.56. The fourth-order valence-electron chi connectivity index (χ4n) is 1.09. The quantitative estimate of drug-likeness (QED) is 0.869. The summed E-state index contributed by atoms with van der Waals surface area (Å²) in [5.74, 6) is 0. The second-order valence-electron chi connectivity index (χ2n) is 3.15. The first-order valence-corrected chi connectivity index (χ1v) is 5.18. The molecule has 90 valence electrons. The first kappa shape index (κ1) is 13.3. The number of amides is 1. The third-order valence-corrected chi connectivity index (χ3v) is 2.29. The fourth-order valence-corrected chi connectivity index (χ4v) is 1.28. The first-order chi connectivity index (χ1) is 8.13. The molecule has 1 unspecified atom stereocenters. The molecule has 0 saturated heterocycles. The number of nitriles is 1. The molecule has 1 atom stereocenters. The highest BCUT2D eigenvalue weighted by Gasteiger charge is 2.11. The van der Waals surface area contributed by atoms with Gasteiger partial charge in [-0.25, -0.2) is 4.79 Å². The van der Waals surface area contributed by atoms with E-state index in [9.17, 15) is 4.79 Å². The number of nitrogens with zero attached hydrogens (tertiary/aromatic N) is 1. The summed E-state index contributed by atoms with van der Waals surface area (Å²) in [6.07, 6.45) is -1.80. The van der Waals surface area contributed by atoms with Crippen molar-refractivity contribution in [1.82, 2.24) is 0 Å². The maximum absolute atomic E-state index is 10.4. The zero-order valence-electron chi connectivity index (χ0n) is 8.93. The van der Waals surface area contributed by atoms with Gasteiger partial charge in [0, 0.05) is 5.02 Å². The fraction of sp³-hybridized carbons (Fsp3) is 0.273. The van der Waals surface area contributed by atoms with E-state index in [2.05, 4.69) is 4.74 Å². The van der Waals surface area contributed by atoms with Crippen molar-refractivity contribution in [1.29, 1.82) is 5.26 Å². The summed E-state index contributed by atoms with van der Waals surface area (Å²) in [6, 6.07) is 8.96. The molecule has 17 heavy (non-hydrogen) atoms. The number of nitrogens with two attached hydrogens (primary N) is 1. The summed E-state index contributed by atoms with van der Waals surface area (Å²) in [7, 11) is 0. The van der Waals surface area contributed by atoms with Gasteiger partial charge in [0.25, 0.3) is 0 Å². The molecular weight excluding hydrogens is 244 g/mol. The average molecular weight is 255 g/mol. The largest absolute Gasteiger partial charge is 0.446 e. The first-order valence-electron chi connectivity index (χ1n) is 4.80. The van der Waals surface area contributed by atoms with Gasteiger partial charge in [0.2, 0.25) is 0 Å². The molecule has 0 heterocycles. The highest BCUT2D eigenvalue weighted by atomic mass is 35.5. The van der Waals surface area contributed by atoms with Gasteiger partial charge in [-0.2, -0.15) is 5.26 Å². The Morgan fingerprint density at radius 1 is 1.53 bits per heavy atom. The van der Waals surface area contributed by atoms with E-state index in [0.717, 1.165) is 5.56 Å². The second kappa shape index (κ2) is 6.74. The molecule has 6 heteroatoms. The summed E-state index contributed by atoms with van der Waals surface area (Å²) in [5, 5.41) is 9.30. The monoisotopic (exact) mass is 254 g/mol. The third kappa shape index (κ3) is 4.72. The topological polar surface area (TPSA) is 85.3 Å². The Morgan fingerprint density at radius 3 is 2.82 bits per heavy atom. The molecule has 0 aliphatic carbocycles. The van der Waals surface area contributed by atoms with Gasteiger partial charge in [0.05, 0.1) is 12.7 Å². The number of hydrogen-bond acceptors (Lipinski definition) is 4. The zero-order valence-corrected chi connectivity index (χ0v) is 9.68. The Balaban J connectivity index is 2.46. The predicted molar refractivity (Wildman–Crippen MR) is 61.2 cm³/mol. The lowest BCUT2D eigenvalue weighted by molar-refractivity contribution is 0.0288. The van der Waals surface area contributed by atoms with E-state index in [1.807, 2.05) is 12.1 Å². The van der Waals surface area contributed by atoms with Gasteiger partial charge < -0.3 is 15.2 Å². The van der Waals surface area contributed by atoms with E-state index in [4.69, 9.17) is 27.3 Å². The molecule has 5 nitrogen and oxygen atoms in total. The number of hydrogen-bond donors (Lipinski definition) is 1. The Kier molecular flexibility index (Phi) is 5.27. The Hall–Kier alpha value is -1.77. The van der Waals surface area contributed by atoms with Crippen LogP contribution in [0.1, 0.15) is 5.56 Å². The summed E-state index contributed by atoms with van der Waals surface area (Å²) >= 11 is 5.91. The van der Waals surface area contributed by atoms with Crippen LogP contribution < -0.4 is 5.73 Å². The summed E-state index contributed by atoms with van der Waals surface area (Å²) in [6.45, 7) is -0.0314. The molecule has 2 N–H and O–H groups in total. The van der Waals surface area contributed by atoms with Crippen LogP contribution in [-0.4, -0.2) is 18.8 Å². The van der Waals surface area contributed by atoms with Crippen molar-refractivity contribution in [2.24, 2.45) is 5.73 Å². The van der Waals surface area contributed by atoms with Gasteiger partial charge in [0.15, 0.2) is 6.10 Å².